The molecule has 32 heavy (non-hydrogen) atoms. The van der Waals surface area contributed by atoms with E-state index >= 15 is 0 Å². The van der Waals surface area contributed by atoms with E-state index in [9.17, 15) is 13.2 Å². The molecule has 0 aromatic heterocycles. The molecule has 1 atom stereocenters. The minimum absolute atomic E-state index is 0.212. The van der Waals surface area contributed by atoms with Crippen LogP contribution in [-0.2, 0) is 19.6 Å². The van der Waals surface area contributed by atoms with E-state index in [0.29, 0.717) is 43.6 Å². The van der Waals surface area contributed by atoms with Gasteiger partial charge in [-0.3, -0.25) is 4.79 Å². The lowest BCUT2D eigenvalue weighted by Gasteiger charge is -2.26. The van der Waals surface area contributed by atoms with E-state index in [1.807, 2.05) is 0 Å². The van der Waals surface area contributed by atoms with Gasteiger partial charge in [-0.25, -0.2) is 8.42 Å². The summed E-state index contributed by atoms with van der Waals surface area (Å²) >= 11 is 0. The highest BCUT2D eigenvalue weighted by molar-refractivity contribution is 7.89. The largest absolute Gasteiger partial charge is 0.497 e. The van der Waals surface area contributed by atoms with Gasteiger partial charge in [0.2, 0.25) is 10.0 Å². The number of nitrogens with one attached hydrogen (secondary N) is 1. The van der Waals surface area contributed by atoms with Crippen LogP contribution in [0.5, 0.6) is 17.2 Å². The Labute approximate surface area is 188 Å². The lowest BCUT2D eigenvalue weighted by Crippen LogP contribution is -2.40. The van der Waals surface area contributed by atoms with Gasteiger partial charge in [0.1, 0.15) is 23.9 Å². The fourth-order valence-electron chi connectivity index (χ4n) is 3.06. The molecule has 0 spiro atoms. The van der Waals surface area contributed by atoms with E-state index in [4.69, 9.17) is 18.9 Å². The summed E-state index contributed by atoms with van der Waals surface area (Å²) in [6.45, 7) is 3.65. The molecular formula is C22H28N2O7S. The van der Waals surface area contributed by atoms with Gasteiger partial charge in [0.15, 0.2) is 6.10 Å². The van der Waals surface area contributed by atoms with E-state index < -0.39 is 16.1 Å². The van der Waals surface area contributed by atoms with Crippen molar-refractivity contribution in [3.63, 3.8) is 0 Å². The van der Waals surface area contributed by atoms with Crippen molar-refractivity contribution >= 4 is 15.9 Å². The van der Waals surface area contributed by atoms with Crippen molar-refractivity contribution < 1.29 is 32.2 Å². The highest BCUT2D eigenvalue weighted by atomic mass is 32.2. The summed E-state index contributed by atoms with van der Waals surface area (Å²) in [4.78, 5) is 12.4. The Morgan fingerprint density at radius 3 is 2.47 bits per heavy atom. The van der Waals surface area contributed by atoms with Crippen molar-refractivity contribution in [3.05, 3.63) is 48.5 Å². The van der Waals surface area contributed by atoms with Crippen LogP contribution in [0.2, 0.25) is 0 Å². The van der Waals surface area contributed by atoms with Crippen LogP contribution in [0.3, 0.4) is 0 Å². The van der Waals surface area contributed by atoms with Crippen LogP contribution in [0.1, 0.15) is 6.92 Å². The zero-order valence-corrected chi connectivity index (χ0v) is 19.0. The van der Waals surface area contributed by atoms with Crippen molar-refractivity contribution in [2.24, 2.45) is 0 Å². The number of nitrogens with zero attached hydrogens (tertiary/aromatic N) is 1. The first-order chi connectivity index (χ1) is 15.4. The van der Waals surface area contributed by atoms with Crippen molar-refractivity contribution in [2.75, 3.05) is 46.6 Å². The number of methoxy groups -OCH3 is 1. The standard InChI is InChI=1S/C22H28N2O7S/c1-17(31-20-5-3-4-19(16-20)28-2)22(25)23-10-13-30-18-6-8-21(9-7-18)32(26,27)24-11-14-29-15-12-24/h3-9,16-17H,10-15H2,1-2H3,(H,23,25). The maximum absolute atomic E-state index is 12.6. The molecule has 174 valence electrons. The maximum atomic E-state index is 12.6. The SMILES string of the molecule is COc1cccc(OC(C)C(=O)NCCOc2ccc(S(=O)(=O)N3CCOCC3)cc2)c1. The third kappa shape index (κ3) is 6.35. The Hall–Kier alpha value is -2.82. The van der Waals surface area contributed by atoms with Gasteiger partial charge in [0.25, 0.3) is 5.91 Å². The molecule has 1 heterocycles. The number of carbonyl (C=O) groups is 1. The fourth-order valence-corrected chi connectivity index (χ4v) is 4.47. The summed E-state index contributed by atoms with van der Waals surface area (Å²) in [5.41, 5.74) is 0. The molecule has 1 saturated heterocycles. The molecule has 0 bridgehead atoms. The van der Waals surface area contributed by atoms with Crippen LogP contribution in [0.15, 0.2) is 53.4 Å². The number of carbonyl (C=O) groups excluding carboxylic acids is 1. The molecule has 1 aliphatic heterocycles. The van der Waals surface area contributed by atoms with Gasteiger partial charge >= 0.3 is 0 Å². The highest BCUT2D eigenvalue weighted by Gasteiger charge is 2.26. The van der Waals surface area contributed by atoms with Crippen LogP contribution >= 0.6 is 0 Å². The number of hydrogen-bond acceptors (Lipinski definition) is 7. The molecule has 9 nitrogen and oxygen atoms in total. The molecule has 1 aliphatic rings. The Morgan fingerprint density at radius 1 is 1.09 bits per heavy atom. The molecule has 0 radical (unpaired) electrons. The second-order valence-electron chi connectivity index (χ2n) is 7.07. The number of sulfonamides is 1. The Balaban J connectivity index is 1.42. The molecule has 2 aromatic carbocycles. The van der Waals surface area contributed by atoms with Crippen LogP contribution in [0, 0.1) is 0 Å². The van der Waals surface area contributed by atoms with Gasteiger partial charge in [-0.1, -0.05) is 6.07 Å². The average Bonchev–Trinajstić information content (AvgIpc) is 2.82. The molecule has 1 amide bonds. The minimum Gasteiger partial charge on any atom is -0.497 e. The predicted octanol–water partition coefficient (Wildman–Crippen LogP) is 1.68. The summed E-state index contributed by atoms with van der Waals surface area (Å²) in [6, 6.07) is 13.3. The predicted molar refractivity (Wildman–Crippen MR) is 118 cm³/mol. The Morgan fingerprint density at radius 2 is 1.78 bits per heavy atom. The maximum Gasteiger partial charge on any atom is 0.260 e. The van der Waals surface area contributed by atoms with Gasteiger partial charge in [-0.2, -0.15) is 4.31 Å². The number of benzene rings is 2. The smallest absolute Gasteiger partial charge is 0.260 e. The van der Waals surface area contributed by atoms with Gasteiger partial charge in [0, 0.05) is 19.2 Å². The van der Waals surface area contributed by atoms with Crippen molar-refractivity contribution in [1.82, 2.24) is 9.62 Å². The van der Waals surface area contributed by atoms with Crippen molar-refractivity contribution in [1.29, 1.82) is 0 Å². The topological polar surface area (TPSA) is 103 Å². The summed E-state index contributed by atoms with van der Waals surface area (Å²) in [6.07, 6.45) is -0.688. The third-order valence-corrected chi connectivity index (χ3v) is 6.74. The van der Waals surface area contributed by atoms with Crippen LogP contribution in [0.25, 0.3) is 0 Å². The molecular weight excluding hydrogens is 436 g/mol. The number of ether oxygens (including phenoxy) is 4. The Bertz CT molecular complexity index is 990. The lowest BCUT2D eigenvalue weighted by atomic mass is 10.3. The second-order valence-corrected chi connectivity index (χ2v) is 9.00. The molecule has 2 aromatic rings. The van der Waals surface area contributed by atoms with E-state index in [1.165, 1.54) is 16.4 Å². The quantitative estimate of drug-likeness (QED) is 0.534. The second kappa shape index (κ2) is 11.2. The normalized spacial score (nSPS) is 15.6. The molecule has 1 N–H and O–H groups in total. The fraction of sp³-hybridized carbons (Fsp3) is 0.409. The molecule has 0 saturated carbocycles. The van der Waals surface area contributed by atoms with Crippen molar-refractivity contribution in [2.45, 2.75) is 17.9 Å². The molecule has 1 unspecified atom stereocenters. The Kier molecular flexibility index (Phi) is 8.32. The number of amides is 1. The monoisotopic (exact) mass is 464 g/mol. The van der Waals surface area contributed by atoms with Crippen LogP contribution in [-0.4, -0.2) is 71.3 Å². The average molecular weight is 465 g/mol. The summed E-state index contributed by atoms with van der Waals surface area (Å²) in [5.74, 6) is 1.42. The van der Waals surface area contributed by atoms with E-state index in [0.717, 1.165) is 0 Å². The summed E-state index contributed by atoms with van der Waals surface area (Å²) in [5, 5.41) is 2.75. The third-order valence-electron chi connectivity index (χ3n) is 4.82. The van der Waals surface area contributed by atoms with E-state index in [2.05, 4.69) is 5.32 Å². The number of morpholine rings is 1. The molecule has 10 heteroatoms. The van der Waals surface area contributed by atoms with Gasteiger partial charge < -0.3 is 24.3 Å². The summed E-state index contributed by atoms with van der Waals surface area (Å²) < 4.78 is 48.2. The van der Waals surface area contributed by atoms with Gasteiger partial charge in [-0.15, -0.1) is 0 Å². The summed E-state index contributed by atoms with van der Waals surface area (Å²) in [7, 11) is -1.97. The number of rotatable bonds is 10. The molecule has 1 fully saturated rings. The zero-order valence-electron chi connectivity index (χ0n) is 18.2. The first-order valence-corrected chi connectivity index (χ1v) is 11.7. The van der Waals surface area contributed by atoms with Crippen molar-refractivity contribution in [3.8, 4) is 17.2 Å². The zero-order chi connectivity index (χ0) is 23.0. The van der Waals surface area contributed by atoms with Crippen LogP contribution < -0.4 is 19.5 Å². The molecule has 0 aliphatic carbocycles. The highest BCUT2D eigenvalue weighted by Crippen LogP contribution is 2.21. The van der Waals surface area contributed by atoms with Crippen LogP contribution in [0.4, 0.5) is 0 Å². The first kappa shape index (κ1) is 23.8. The van der Waals surface area contributed by atoms with E-state index in [-0.39, 0.29) is 24.0 Å². The minimum atomic E-state index is -3.54. The van der Waals surface area contributed by atoms with Gasteiger partial charge in [-0.05, 0) is 43.3 Å². The first-order valence-electron chi connectivity index (χ1n) is 10.3. The van der Waals surface area contributed by atoms with E-state index in [1.54, 1.807) is 50.4 Å². The van der Waals surface area contributed by atoms with Gasteiger partial charge in [0.05, 0.1) is 31.8 Å². The number of hydrogen-bond donors (Lipinski definition) is 1. The molecule has 3 rings (SSSR count). The lowest BCUT2D eigenvalue weighted by molar-refractivity contribution is -0.127.